The molecule has 208 valence electrons. The Morgan fingerprint density at radius 1 is 1.00 bits per heavy atom. The number of rotatable bonds is 9. The standard InChI is InChI=1S/C33H32N4O4/c1-4-40-32(39)33(18-19-33)27-16-14-25(15-17-27)24-10-12-26(13-11-24)31-29(21(2)35-41-31)30(38)28-20-37(36-34-28)22(3)23-8-6-5-7-9-23/h5-17,20,22,30,38H,4,18-19H2,1-3H3/t22-,30?/m1/s1. The molecule has 8 nitrogen and oxygen atoms in total. The summed E-state index contributed by atoms with van der Waals surface area (Å²) in [6.07, 6.45) is 2.37. The molecule has 3 aromatic carbocycles. The highest BCUT2D eigenvalue weighted by Crippen LogP contribution is 2.49. The summed E-state index contributed by atoms with van der Waals surface area (Å²) in [7, 11) is 0. The molecule has 2 heterocycles. The van der Waals surface area contributed by atoms with E-state index in [1.807, 2.05) is 92.7 Å². The van der Waals surface area contributed by atoms with Crippen molar-refractivity contribution in [3.8, 4) is 22.5 Å². The van der Waals surface area contributed by atoms with Crippen LogP contribution in [0.4, 0.5) is 0 Å². The number of hydrogen-bond donors (Lipinski definition) is 1. The second-order valence-corrected chi connectivity index (χ2v) is 10.6. The molecule has 41 heavy (non-hydrogen) atoms. The predicted octanol–water partition coefficient (Wildman–Crippen LogP) is 6.19. The Bertz CT molecular complexity index is 1650. The molecular formula is C33H32N4O4. The first kappa shape index (κ1) is 26.7. The van der Waals surface area contributed by atoms with Crippen LogP contribution < -0.4 is 0 Å². The van der Waals surface area contributed by atoms with Crippen LogP contribution >= 0.6 is 0 Å². The maximum atomic E-state index is 12.4. The molecule has 2 aromatic heterocycles. The number of hydrogen-bond acceptors (Lipinski definition) is 7. The van der Waals surface area contributed by atoms with Crippen molar-refractivity contribution in [2.24, 2.45) is 0 Å². The Morgan fingerprint density at radius 2 is 1.63 bits per heavy atom. The zero-order valence-electron chi connectivity index (χ0n) is 23.3. The number of aromatic nitrogens is 4. The lowest BCUT2D eigenvalue weighted by molar-refractivity contribution is -0.146. The minimum atomic E-state index is -1.05. The van der Waals surface area contributed by atoms with Gasteiger partial charge in [0.2, 0.25) is 0 Å². The van der Waals surface area contributed by atoms with Crippen LogP contribution in [0.5, 0.6) is 0 Å². The van der Waals surface area contributed by atoms with Gasteiger partial charge < -0.3 is 14.4 Å². The first-order valence-electron chi connectivity index (χ1n) is 13.9. The molecule has 2 atom stereocenters. The van der Waals surface area contributed by atoms with E-state index in [0.29, 0.717) is 29.3 Å². The number of ether oxygens (including phenoxy) is 1. The summed E-state index contributed by atoms with van der Waals surface area (Å²) in [6, 6.07) is 26.0. The van der Waals surface area contributed by atoms with Gasteiger partial charge >= 0.3 is 5.97 Å². The molecule has 0 bridgehead atoms. The lowest BCUT2D eigenvalue weighted by Gasteiger charge is -2.14. The SMILES string of the molecule is CCOC(=O)C1(c2ccc(-c3ccc(-c4onc(C)c4C(O)c4cn([C@H](C)c5ccccc5)nn4)cc3)cc2)CC1. The largest absolute Gasteiger partial charge is 0.465 e. The van der Waals surface area contributed by atoms with Crippen molar-refractivity contribution >= 4 is 5.97 Å². The van der Waals surface area contributed by atoms with Gasteiger partial charge in [-0.15, -0.1) is 5.10 Å². The third-order valence-electron chi connectivity index (χ3n) is 8.00. The minimum Gasteiger partial charge on any atom is -0.465 e. The van der Waals surface area contributed by atoms with Crippen molar-refractivity contribution in [1.82, 2.24) is 20.2 Å². The molecular weight excluding hydrogens is 516 g/mol. The first-order valence-corrected chi connectivity index (χ1v) is 13.9. The van der Waals surface area contributed by atoms with Gasteiger partial charge in [0.05, 0.1) is 35.5 Å². The molecule has 6 rings (SSSR count). The molecule has 1 saturated carbocycles. The molecule has 0 aliphatic heterocycles. The van der Waals surface area contributed by atoms with Crippen molar-refractivity contribution in [2.75, 3.05) is 6.61 Å². The summed E-state index contributed by atoms with van der Waals surface area (Å²) in [5, 5.41) is 24.0. The fourth-order valence-electron chi connectivity index (χ4n) is 5.34. The smallest absolute Gasteiger partial charge is 0.316 e. The molecule has 8 heteroatoms. The zero-order valence-corrected chi connectivity index (χ0v) is 23.3. The van der Waals surface area contributed by atoms with E-state index in [1.54, 1.807) is 17.8 Å². The maximum absolute atomic E-state index is 12.4. The van der Waals surface area contributed by atoms with E-state index in [2.05, 4.69) is 15.5 Å². The first-order chi connectivity index (χ1) is 19.9. The summed E-state index contributed by atoms with van der Waals surface area (Å²) in [5.41, 5.74) is 6.06. The van der Waals surface area contributed by atoms with Crippen LogP contribution in [0.3, 0.4) is 0 Å². The van der Waals surface area contributed by atoms with E-state index in [0.717, 1.165) is 40.7 Å². The van der Waals surface area contributed by atoms with Crippen LogP contribution in [0, 0.1) is 6.92 Å². The molecule has 1 unspecified atom stereocenters. The van der Waals surface area contributed by atoms with E-state index in [9.17, 15) is 9.90 Å². The van der Waals surface area contributed by atoms with Gasteiger partial charge in [-0.05, 0) is 55.9 Å². The van der Waals surface area contributed by atoms with E-state index >= 15 is 0 Å². The summed E-state index contributed by atoms with van der Waals surface area (Å²) >= 11 is 0. The average Bonchev–Trinajstić information content (AvgIpc) is 3.51. The van der Waals surface area contributed by atoms with Gasteiger partial charge in [0, 0.05) is 5.56 Å². The molecule has 1 aliphatic rings. The summed E-state index contributed by atoms with van der Waals surface area (Å²) in [6.45, 7) is 6.07. The van der Waals surface area contributed by atoms with Crippen LogP contribution in [0.2, 0.25) is 0 Å². The topological polar surface area (TPSA) is 103 Å². The number of aryl methyl sites for hydroxylation is 1. The van der Waals surface area contributed by atoms with Gasteiger partial charge in [0.15, 0.2) is 5.76 Å². The van der Waals surface area contributed by atoms with Crippen LogP contribution in [0.1, 0.15) is 66.9 Å². The molecule has 0 radical (unpaired) electrons. The predicted molar refractivity (Wildman–Crippen MR) is 154 cm³/mol. The third-order valence-corrected chi connectivity index (χ3v) is 8.00. The van der Waals surface area contributed by atoms with E-state index in [-0.39, 0.29) is 12.0 Å². The van der Waals surface area contributed by atoms with E-state index < -0.39 is 11.5 Å². The summed E-state index contributed by atoms with van der Waals surface area (Å²) in [5.74, 6) is 0.360. The second kappa shape index (κ2) is 10.8. The minimum absolute atomic E-state index is 0.0331. The number of carbonyl (C=O) groups is 1. The Hall–Kier alpha value is -4.56. The number of aliphatic hydroxyl groups excluding tert-OH is 1. The zero-order chi connectivity index (χ0) is 28.6. The summed E-state index contributed by atoms with van der Waals surface area (Å²) in [4.78, 5) is 12.4. The van der Waals surface area contributed by atoms with Crippen molar-refractivity contribution in [3.63, 3.8) is 0 Å². The van der Waals surface area contributed by atoms with Gasteiger partial charge in [-0.25, -0.2) is 4.68 Å². The third kappa shape index (κ3) is 4.95. The van der Waals surface area contributed by atoms with Crippen LogP contribution in [-0.2, 0) is 14.9 Å². The van der Waals surface area contributed by atoms with Crippen molar-refractivity contribution in [1.29, 1.82) is 0 Å². The lowest BCUT2D eigenvalue weighted by atomic mass is 9.93. The Kier molecular flexibility index (Phi) is 7.01. The van der Waals surface area contributed by atoms with Gasteiger partial charge in [0.1, 0.15) is 11.8 Å². The Balaban J connectivity index is 1.21. The van der Waals surface area contributed by atoms with Gasteiger partial charge in [-0.1, -0.05) is 89.2 Å². The molecule has 0 spiro atoms. The molecule has 0 saturated heterocycles. The van der Waals surface area contributed by atoms with Crippen molar-refractivity contribution in [2.45, 2.75) is 51.2 Å². The van der Waals surface area contributed by atoms with E-state index in [1.165, 1.54) is 0 Å². The fourth-order valence-corrected chi connectivity index (χ4v) is 5.34. The summed E-state index contributed by atoms with van der Waals surface area (Å²) < 4.78 is 12.7. The fraction of sp³-hybridized carbons (Fsp3) is 0.273. The Morgan fingerprint density at radius 3 is 2.27 bits per heavy atom. The molecule has 0 amide bonds. The highest BCUT2D eigenvalue weighted by atomic mass is 16.5. The number of carbonyl (C=O) groups excluding carboxylic acids is 1. The number of aliphatic hydroxyl groups is 1. The number of nitrogens with zero attached hydrogens (tertiary/aromatic N) is 4. The van der Waals surface area contributed by atoms with Crippen molar-refractivity contribution in [3.05, 3.63) is 113 Å². The highest BCUT2D eigenvalue weighted by Gasteiger charge is 2.52. The monoisotopic (exact) mass is 548 g/mol. The van der Waals surface area contributed by atoms with Crippen LogP contribution in [0.15, 0.2) is 89.6 Å². The van der Waals surface area contributed by atoms with Crippen molar-refractivity contribution < 1.29 is 19.2 Å². The normalized spacial score (nSPS) is 15.3. The average molecular weight is 549 g/mol. The van der Waals surface area contributed by atoms with E-state index in [4.69, 9.17) is 9.26 Å². The highest BCUT2D eigenvalue weighted by molar-refractivity contribution is 5.87. The van der Waals surface area contributed by atoms with Crippen LogP contribution in [-0.4, -0.2) is 37.8 Å². The van der Waals surface area contributed by atoms with Crippen LogP contribution in [0.25, 0.3) is 22.5 Å². The molecule has 1 fully saturated rings. The molecule has 1 N–H and O–H groups in total. The van der Waals surface area contributed by atoms with Gasteiger partial charge in [-0.3, -0.25) is 4.79 Å². The molecule has 1 aliphatic carbocycles. The maximum Gasteiger partial charge on any atom is 0.316 e. The van der Waals surface area contributed by atoms with Gasteiger partial charge in [-0.2, -0.15) is 0 Å². The molecule has 5 aromatic rings. The quantitative estimate of drug-likeness (QED) is 0.219. The second-order valence-electron chi connectivity index (χ2n) is 10.6. The number of benzene rings is 3. The lowest BCUT2D eigenvalue weighted by Crippen LogP contribution is -2.23. The number of esters is 1. The Labute approximate surface area is 238 Å². The van der Waals surface area contributed by atoms with Gasteiger partial charge in [0.25, 0.3) is 0 Å².